The summed E-state index contributed by atoms with van der Waals surface area (Å²) in [5.41, 5.74) is 0.923. The average Bonchev–Trinajstić information content (AvgIpc) is 2.48. The van der Waals surface area contributed by atoms with E-state index in [1.165, 1.54) is 0 Å². The third-order valence-corrected chi connectivity index (χ3v) is 4.14. The summed E-state index contributed by atoms with van der Waals surface area (Å²) in [5.74, 6) is 0.305. The van der Waals surface area contributed by atoms with Crippen LogP contribution in [0, 0.1) is 5.92 Å². The highest BCUT2D eigenvalue weighted by molar-refractivity contribution is 6.02. The summed E-state index contributed by atoms with van der Waals surface area (Å²) in [4.78, 5) is 14.7. The van der Waals surface area contributed by atoms with Gasteiger partial charge in [-0.05, 0) is 44.4 Å². The fourth-order valence-corrected chi connectivity index (χ4v) is 2.84. The van der Waals surface area contributed by atoms with Gasteiger partial charge < -0.3 is 10.2 Å². The monoisotopic (exact) mass is 268 g/mol. The van der Waals surface area contributed by atoms with Crippen LogP contribution in [-0.4, -0.2) is 30.9 Å². The van der Waals surface area contributed by atoms with Crippen LogP contribution in [0.5, 0.6) is 0 Å². The summed E-state index contributed by atoms with van der Waals surface area (Å²) < 4.78 is 0. The van der Waals surface area contributed by atoms with Crippen molar-refractivity contribution in [3.8, 4) is 0 Å². The van der Waals surface area contributed by atoms with Gasteiger partial charge in [-0.1, -0.05) is 36.4 Å². The van der Waals surface area contributed by atoms with Gasteiger partial charge in [-0.25, -0.2) is 0 Å². The van der Waals surface area contributed by atoms with Crippen molar-refractivity contribution in [2.24, 2.45) is 5.92 Å². The van der Waals surface area contributed by atoms with Crippen LogP contribution in [-0.2, 0) is 4.79 Å². The molecule has 3 nitrogen and oxygen atoms in total. The first-order chi connectivity index (χ1) is 9.74. The Morgan fingerprint density at radius 1 is 1.10 bits per heavy atom. The third-order valence-electron chi connectivity index (χ3n) is 4.14. The molecule has 0 unspecified atom stereocenters. The number of hydrogen-bond donors (Lipinski definition) is 1. The molecule has 1 saturated heterocycles. The highest BCUT2D eigenvalue weighted by atomic mass is 16.1. The van der Waals surface area contributed by atoms with Gasteiger partial charge in [0.25, 0.3) is 0 Å². The van der Waals surface area contributed by atoms with Gasteiger partial charge >= 0.3 is 0 Å². The van der Waals surface area contributed by atoms with Gasteiger partial charge in [0.2, 0.25) is 5.91 Å². The molecule has 0 spiro atoms. The summed E-state index contributed by atoms with van der Waals surface area (Å²) in [7, 11) is 2.11. The smallest absolute Gasteiger partial charge is 0.227 e. The van der Waals surface area contributed by atoms with Gasteiger partial charge in [-0.2, -0.15) is 0 Å². The van der Waals surface area contributed by atoms with Gasteiger partial charge in [0.15, 0.2) is 0 Å². The molecule has 0 radical (unpaired) electrons. The molecule has 3 rings (SSSR count). The van der Waals surface area contributed by atoms with Crippen LogP contribution in [0.25, 0.3) is 10.8 Å². The molecular formula is C17H20N2O. The molecule has 1 aliphatic rings. The first-order valence-electron chi connectivity index (χ1n) is 7.21. The zero-order chi connectivity index (χ0) is 13.9. The second-order valence-corrected chi connectivity index (χ2v) is 5.59. The maximum absolute atomic E-state index is 12.4. The average molecular weight is 268 g/mol. The van der Waals surface area contributed by atoms with Crippen molar-refractivity contribution in [2.75, 3.05) is 25.5 Å². The lowest BCUT2D eigenvalue weighted by atomic mass is 9.96. The van der Waals surface area contributed by atoms with E-state index in [1.54, 1.807) is 0 Å². The standard InChI is InChI=1S/C17H20N2O/c1-19-11-9-14(10-12-19)17(20)18-16-8-4-6-13-5-2-3-7-15(13)16/h2-8,14H,9-12H2,1H3,(H,18,20). The number of amides is 1. The minimum absolute atomic E-state index is 0.144. The van der Waals surface area contributed by atoms with Crippen molar-refractivity contribution >= 4 is 22.4 Å². The predicted molar refractivity (Wildman–Crippen MR) is 82.8 cm³/mol. The molecule has 0 bridgehead atoms. The number of nitrogens with zero attached hydrogens (tertiary/aromatic N) is 1. The fourth-order valence-electron chi connectivity index (χ4n) is 2.84. The van der Waals surface area contributed by atoms with E-state index in [0.717, 1.165) is 42.4 Å². The molecule has 1 fully saturated rings. The Morgan fingerprint density at radius 3 is 2.60 bits per heavy atom. The summed E-state index contributed by atoms with van der Waals surface area (Å²) >= 11 is 0. The molecule has 1 aliphatic heterocycles. The third kappa shape index (κ3) is 2.68. The Morgan fingerprint density at radius 2 is 1.80 bits per heavy atom. The maximum Gasteiger partial charge on any atom is 0.227 e. The normalized spacial score (nSPS) is 17.2. The van der Waals surface area contributed by atoms with Crippen LogP contribution in [0.3, 0.4) is 0 Å². The molecule has 0 aromatic heterocycles. The zero-order valence-corrected chi connectivity index (χ0v) is 11.8. The highest BCUT2D eigenvalue weighted by Gasteiger charge is 2.23. The van der Waals surface area contributed by atoms with Crippen LogP contribution < -0.4 is 5.32 Å². The van der Waals surface area contributed by atoms with Gasteiger partial charge in [-0.15, -0.1) is 0 Å². The minimum atomic E-state index is 0.144. The maximum atomic E-state index is 12.4. The van der Waals surface area contributed by atoms with Gasteiger partial charge in [0, 0.05) is 17.0 Å². The van der Waals surface area contributed by atoms with Gasteiger partial charge in [0.05, 0.1) is 0 Å². The summed E-state index contributed by atoms with van der Waals surface area (Å²) in [6.07, 6.45) is 1.90. The number of hydrogen-bond acceptors (Lipinski definition) is 2. The van der Waals surface area contributed by atoms with E-state index in [4.69, 9.17) is 0 Å². The molecule has 3 heteroatoms. The predicted octanol–water partition coefficient (Wildman–Crippen LogP) is 3.12. The van der Waals surface area contributed by atoms with Crippen molar-refractivity contribution < 1.29 is 4.79 Å². The second kappa shape index (κ2) is 5.63. The molecule has 1 heterocycles. The summed E-state index contributed by atoms with van der Waals surface area (Å²) in [6, 6.07) is 14.2. The number of benzene rings is 2. The van der Waals surface area contributed by atoms with Crippen LogP contribution in [0.1, 0.15) is 12.8 Å². The summed E-state index contributed by atoms with van der Waals surface area (Å²) in [6.45, 7) is 2.02. The van der Waals surface area contributed by atoms with E-state index in [9.17, 15) is 4.79 Å². The van der Waals surface area contributed by atoms with Gasteiger partial charge in [0.1, 0.15) is 0 Å². The van der Waals surface area contributed by atoms with E-state index >= 15 is 0 Å². The lowest BCUT2D eigenvalue weighted by Crippen LogP contribution is -2.35. The van der Waals surface area contributed by atoms with Crippen molar-refractivity contribution in [1.29, 1.82) is 0 Å². The van der Waals surface area contributed by atoms with Crippen molar-refractivity contribution in [1.82, 2.24) is 4.90 Å². The number of anilines is 1. The molecule has 2 aromatic carbocycles. The highest BCUT2D eigenvalue weighted by Crippen LogP contribution is 2.25. The Hall–Kier alpha value is -1.87. The number of piperidine rings is 1. The molecule has 0 aliphatic carbocycles. The Kier molecular flexibility index (Phi) is 3.70. The zero-order valence-electron chi connectivity index (χ0n) is 11.8. The quantitative estimate of drug-likeness (QED) is 0.907. The number of nitrogens with one attached hydrogen (secondary N) is 1. The Labute approximate surface area is 119 Å². The molecule has 1 amide bonds. The first kappa shape index (κ1) is 13.1. The van der Waals surface area contributed by atoms with Crippen LogP contribution in [0.15, 0.2) is 42.5 Å². The minimum Gasteiger partial charge on any atom is -0.325 e. The number of fused-ring (bicyclic) bond motifs is 1. The van der Waals surface area contributed by atoms with E-state index in [1.807, 2.05) is 24.3 Å². The SMILES string of the molecule is CN1CCC(C(=O)Nc2cccc3ccccc23)CC1. The van der Waals surface area contributed by atoms with Crippen molar-refractivity contribution in [3.63, 3.8) is 0 Å². The second-order valence-electron chi connectivity index (χ2n) is 5.59. The lowest BCUT2D eigenvalue weighted by Gasteiger charge is -2.28. The van der Waals surface area contributed by atoms with E-state index in [-0.39, 0.29) is 11.8 Å². The largest absolute Gasteiger partial charge is 0.325 e. The number of carbonyl (C=O) groups is 1. The molecule has 2 aromatic rings. The topological polar surface area (TPSA) is 32.3 Å². The molecule has 0 saturated carbocycles. The van der Waals surface area contributed by atoms with Crippen LogP contribution >= 0.6 is 0 Å². The van der Waals surface area contributed by atoms with Crippen LogP contribution in [0.2, 0.25) is 0 Å². The van der Waals surface area contributed by atoms with E-state index in [0.29, 0.717) is 0 Å². The Balaban J connectivity index is 1.77. The molecule has 1 N–H and O–H groups in total. The number of carbonyl (C=O) groups excluding carboxylic acids is 1. The van der Waals surface area contributed by atoms with Crippen LogP contribution in [0.4, 0.5) is 5.69 Å². The fraction of sp³-hybridized carbons (Fsp3) is 0.353. The Bertz CT molecular complexity index is 610. The van der Waals surface area contributed by atoms with E-state index < -0.39 is 0 Å². The first-order valence-corrected chi connectivity index (χ1v) is 7.21. The molecule has 20 heavy (non-hydrogen) atoms. The van der Waals surface area contributed by atoms with Crippen molar-refractivity contribution in [3.05, 3.63) is 42.5 Å². The lowest BCUT2D eigenvalue weighted by molar-refractivity contribution is -0.121. The van der Waals surface area contributed by atoms with E-state index in [2.05, 4.69) is 35.5 Å². The number of rotatable bonds is 2. The summed E-state index contributed by atoms with van der Waals surface area (Å²) in [5, 5.41) is 5.38. The number of likely N-dealkylation sites (tertiary alicyclic amines) is 1. The van der Waals surface area contributed by atoms with Crippen molar-refractivity contribution in [2.45, 2.75) is 12.8 Å². The van der Waals surface area contributed by atoms with Gasteiger partial charge in [-0.3, -0.25) is 4.79 Å². The molecule has 0 atom stereocenters. The molecule has 104 valence electrons. The molecular weight excluding hydrogens is 248 g/mol.